The average Bonchev–Trinajstić information content (AvgIpc) is 2.84. The molecule has 0 aliphatic rings. The number of furan rings is 1. The Balaban J connectivity index is 2.38. The van der Waals surface area contributed by atoms with Gasteiger partial charge in [-0.2, -0.15) is 0 Å². The van der Waals surface area contributed by atoms with Crippen LogP contribution in [0.3, 0.4) is 0 Å². The second kappa shape index (κ2) is 6.50. The first-order valence-corrected chi connectivity index (χ1v) is 7.34. The molecule has 5 heteroatoms. The summed E-state index contributed by atoms with van der Waals surface area (Å²) in [5, 5.41) is 3.29. The maximum Gasteiger partial charge on any atom is 0.138 e. The molecule has 2 aromatic rings. The lowest BCUT2D eigenvalue weighted by Gasteiger charge is -2.12. The number of hydrogen-bond acceptors (Lipinski definition) is 2. The van der Waals surface area contributed by atoms with Crippen LogP contribution < -0.4 is 5.32 Å². The van der Waals surface area contributed by atoms with Crippen LogP contribution in [-0.4, -0.2) is 6.54 Å². The summed E-state index contributed by atoms with van der Waals surface area (Å²) in [6, 6.07) is 5.69. The van der Waals surface area contributed by atoms with Crippen molar-refractivity contribution in [2.45, 2.75) is 26.3 Å². The van der Waals surface area contributed by atoms with E-state index in [-0.39, 0.29) is 11.6 Å². The Labute approximate surface area is 125 Å². The van der Waals surface area contributed by atoms with Crippen molar-refractivity contribution in [2.24, 2.45) is 0 Å². The zero-order chi connectivity index (χ0) is 14.7. The van der Waals surface area contributed by atoms with Crippen LogP contribution in [0.15, 0.2) is 33.2 Å². The second-order valence-corrected chi connectivity index (χ2v) is 5.32. The Bertz CT molecular complexity index is 574. The van der Waals surface area contributed by atoms with E-state index >= 15 is 0 Å². The van der Waals surface area contributed by atoms with Gasteiger partial charge in [-0.15, -0.1) is 0 Å². The molecule has 1 heterocycles. The first kappa shape index (κ1) is 15.2. The highest BCUT2D eigenvalue weighted by Crippen LogP contribution is 2.34. The third-order valence-corrected chi connectivity index (χ3v) is 3.71. The highest BCUT2D eigenvalue weighted by molar-refractivity contribution is 9.10. The van der Waals surface area contributed by atoms with Crippen molar-refractivity contribution in [2.75, 3.05) is 6.54 Å². The zero-order valence-corrected chi connectivity index (χ0v) is 12.9. The van der Waals surface area contributed by atoms with E-state index in [0.29, 0.717) is 10.2 Å². The summed E-state index contributed by atoms with van der Waals surface area (Å²) >= 11 is 3.17. The maximum atomic E-state index is 13.9. The Morgan fingerprint density at radius 1 is 1.25 bits per heavy atom. The molecule has 0 saturated heterocycles. The van der Waals surface area contributed by atoms with Crippen molar-refractivity contribution >= 4 is 15.9 Å². The minimum atomic E-state index is -0.644. The molecule has 0 fully saturated rings. The van der Waals surface area contributed by atoms with E-state index in [0.717, 1.165) is 24.8 Å². The average molecular weight is 344 g/mol. The van der Waals surface area contributed by atoms with Crippen molar-refractivity contribution in [1.82, 2.24) is 5.32 Å². The predicted molar refractivity (Wildman–Crippen MR) is 78.5 cm³/mol. The predicted octanol–water partition coefficient (Wildman–Crippen LogP) is 5.05. The van der Waals surface area contributed by atoms with E-state index in [1.807, 2.05) is 19.9 Å². The second-order valence-electron chi connectivity index (χ2n) is 4.46. The fraction of sp³-hybridized carbons (Fsp3) is 0.333. The molecular weight excluding hydrogens is 328 g/mol. The molecule has 0 saturated carbocycles. The summed E-state index contributed by atoms with van der Waals surface area (Å²) in [6.45, 7) is 4.88. The highest BCUT2D eigenvalue weighted by atomic mass is 79.9. The van der Waals surface area contributed by atoms with Crippen molar-refractivity contribution in [3.05, 3.63) is 46.1 Å². The van der Waals surface area contributed by atoms with Gasteiger partial charge in [0.05, 0.1) is 11.6 Å². The van der Waals surface area contributed by atoms with E-state index in [2.05, 4.69) is 21.2 Å². The molecule has 1 aromatic heterocycles. The van der Waals surface area contributed by atoms with Crippen LogP contribution in [0.4, 0.5) is 8.78 Å². The van der Waals surface area contributed by atoms with Crippen LogP contribution in [0.1, 0.15) is 32.1 Å². The lowest BCUT2D eigenvalue weighted by molar-refractivity contribution is 0.416. The zero-order valence-electron chi connectivity index (χ0n) is 11.3. The lowest BCUT2D eigenvalue weighted by atomic mass is 10.1. The van der Waals surface area contributed by atoms with Gasteiger partial charge < -0.3 is 9.73 Å². The summed E-state index contributed by atoms with van der Waals surface area (Å²) in [5.74, 6) is -0.126. The standard InChI is InChI=1S/C15H16BrF2NO/c1-3-12(19-4-2)13-5-6-14(20-13)15-10(16)7-9(17)8-11(15)18/h5-8,12,19H,3-4H2,1-2H3. The van der Waals surface area contributed by atoms with Crippen molar-refractivity contribution in [3.8, 4) is 11.3 Å². The van der Waals surface area contributed by atoms with E-state index in [1.54, 1.807) is 6.07 Å². The fourth-order valence-corrected chi connectivity index (χ4v) is 2.75. The molecule has 20 heavy (non-hydrogen) atoms. The smallest absolute Gasteiger partial charge is 0.138 e. The number of benzene rings is 1. The van der Waals surface area contributed by atoms with E-state index in [9.17, 15) is 8.78 Å². The van der Waals surface area contributed by atoms with Crippen LogP contribution in [-0.2, 0) is 0 Å². The number of nitrogens with one attached hydrogen (secondary N) is 1. The molecule has 108 valence electrons. The van der Waals surface area contributed by atoms with Gasteiger partial charge in [-0.05, 0) is 47.1 Å². The molecule has 0 bridgehead atoms. The number of halogens is 3. The van der Waals surface area contributed by atoms with Gasteiger partial charge in [-0.25, -0.2) is 8.78 Å². The Hall–Kier alpha value is -1.20. The topological polar surface area (TPSA) is 25.2 Å². The molecule has 2 nitrogen and oxygen atoms in total. The van der Waals surface area contributed by atoms with Gasteiger partial charge in [-0.3, -0.25) is 0 Å². The van der Waals surface area contributed by atoms with Crippen molar-refractivity contribution in [1.29, 1.82) is 0 Å². The first-order valence-electron chi connectivity index (χ1n) is 6.54. The van der Waals surface area contributed by atoms with Crippen LogP contribution in [0.2, 0.25) is 0 Å². The Kier molecular flexibility index (Phi) is 4.94. The highest BCUT2D eigenvalue weighted by Gasteiger charge is 2.18. The molecule has 0 spiro atoms. The fourth-order valence-electron chi connectivity index (χ4n) is 2.14. The van der Waals surface area contributed by atoms with E-state index in [1.165, 1.54) is 6.07 Å². The Morgan fingerprint density at radius 3 is 2.60 bits per heavy atom. The third-order valence-electron chi connectivity index (χ3n) is 3.08. The largest absolute Gasteiger partial charge is 0.459 e. The van der Waals surface area contributed by atoms with Gasteiger partial charge in [0.25, 0.3) is 0 Å². The summed E-state index contributed by atoms with van der Waals surface area (Å²) in [6.07, 6.45) is 0.869. The minimum Gasteiger partial charge on any atom is -0.459 e. The minimum absolute atomic E-state index is 0.0936. The molecule has 0 radical (unpaired) electrons. The Morgan fingerprint density at radius 2 is 2.00 bits per heavy atom. The van der Waals surface area contributed by atoms with Crippen molar-refractivity contribution in [3.63, 3.8) is 0 Å². The molecule has 0 aliphatic carbocycles. The van der Waals surface area contributed by atoms with Gasteiger partial charge in [0, 0.05) is 10.5 Å². The maximum absolute atomic E-state index is 13.9. The quantitative estimate of drug-likeness (QED) is 0.821. The van der Waals surface area contributed by atoms with Gasteiger partial charge in [0.1, 0.15) is 23.2 Å². The summed E-state index contributed by atoms with van der Waals surface area (Å²) < 4.78 is 33.1. The first-order chi connectivity index (χ1) is 9.56. The SMILES string of the molecule is CCNC(CC)c1ccc(-c2c(F)cc(F)cc2Br)o1. The molecular formula is C15H16BrF2NO. The molecule has 2 rings (SSSR count). The monoisotopic (exact) mass is 343 g/mol. The summed E-state index contributed by atoms with van der Waals surface area (Å²) in [4.78, 5) is 0. The van der Waals surface area contributed by atoms with E-state index in [4.69, 9.17) is 4.42 Å². The van der Waals surface area contributed by atoms with Gasteiger partial charge in [0.2, 0.25) is 0 Å². The molecule has 0 amide bonds. The number of rotatable bonds is 5. The molecule has 0 aliphatic heterocycles. The summed E-state index contributed by atoms with van der Waals surface area (Å²) in [7, 11) is 0. The summed E-state index contributed by atoms with van der Waals surface area (Å²) in [5.41, 5.74) is 0.240. The van der Waals surface area contributed by atoms with Gasteiger partial charge in [0.15, 0.2) is 0 Å². The van der Waals surface area contributed by atoms with E-state index < -0.39 is 11.6 Å². The van der Waals surface area contributed by atoms with Crippen molar-refractivity contribution < 1.29 is 13.2 Å². The van der Waals surface area contributed by atoms with Gasteiger partial charge in [-0.1, -0.05) is 13.8 Å². The molecule has 1 atom stereocenters. The van der Waals surface area contributed by atoms with Crippen LogP contribution in [0.25, 0.3) is 11.3 Å². The van der Waals surface area contributed by atoms with Gasteiger partial charge >= 0.3 is 0 Å². The van der Waals surface area contributed by atoms with Crippen LogP contribution >= 0.6 is 15.9 Å². The molecule has 1 aromatic carbocycles. The van der Waals surface area contributed by atoms with Crippen LogP contribution in [0.5, 0.6) is 0 Å². The third kappa shape index (κ3) is 3.10. The van der Waals surface area contributed by atoms with Crippen LogP contribution in [0, 0.1) is 11.6 Å². The molecule has 1 N–H and O–H groups in total. The molecule has 1 unspecified atom stereocenters. The normalized spacial score (nSPS) is 12.7. The lowest BCUT2D eigenvalue weighted by Crippen LogP contribution is -2.19. The number of hydrogen-bond donors (Lipinski definition) is 1.